The molecule has 5 nitrogen and oxygen atoms in total. The number of hydrogen-bond acceptors (Lipinski definition) is 4. The van der Waals surface area contributed by atoms with E-state index in [1.54, 1.807) is 6.20 Å². The van der Waals surface area contributed by atoms with Gasteiger partial charge in [-0.05, 0) is 37.0 Å². The molecular formula is C16H17N5. The summed E-state index contributed by atoms with van der Waals surface area (Å²) >= 11 is 0. The monoisotopic (exact) mass is 279 g/mol. The molecule has 0 radical (unpaired) electrons. The maximum atomic E-state index is 4.74. The van der Waals surface area contributed by atoms with E-state index in [1.165, 1.54) is 24.1 Å². The normalized spacial score (nSPS) is 13.6. The van der Waals surface area contributed by atoms with Crippen LogP contribution in [-0.4, -0.2) is 19.5 Å². The highest BCUT2D eigenvalue weighted by molar-refractivity contribution is 5.77. The fourth-order valence-electron chi connectivity index (χ4n) is 2.93. The largest absolute Gasteiger partial charge is 0.350 e. The van der Waals surface area contributed by atoms with Crippen molar-refractivity contribution in [3.05, 3.63) is 47.5 Å². The Morgan fingerprint density at radius 1 is 1.19 bits per heavy atom. The number of aryl methyl sites for hydroxylation is 3. The molecule has 0 fully saturated rings. The highest BCUT2D eigenvalue weighted by Gasteiger charge is 2.13. The number of hydrogen-bond donors (Lipinski definition) is 1. The standard InChI is InChI=1S/C16H17N5/c1-21-15-10-17-8-7-14(15)20-16(21)18-9-12-6-5-11-3-2-4-13(11)19-12/h5-8,10H,2-4,9H2,1H3,(H,18,20). The summed E-state index contributed by atoms with van der Waals surface area (Å²) in [5.41, 5.74) is 5.73. The number of fused-ring (bicyclic) bond motifs is 2. The number of nitrogens with zero attached hydrogens (tertiary/aromatic N) is 4. The molecule has 0 saturated heterocycles. The molecule has 3 aromatic rings. The highest BCUT2D eigenvalue weighted by atomic mass is 15.2. The second-order valence-electron chi connectivity index (χ2n) is 5.47. The quantitative estimate of drug-likeness (QED) is 0.800. The van der Waals surface area contributed by atoms with Crippen LogP contribution >= 0.6 is 0 Å². The minimum absolute atomic E-state index is 0.692. The number of aromatic nitrogens is 4. The van der Waals surface area contributed by atoms with Crippen LogP contribution in [0.3, 0.4) is 0 Å². The first-order valence-electron chi connectivity index (χ1n) is 7.29. The third-order valence-electron chi connectivity index (χ3n) is 4.10. The first-order chi connectivity index (χ1) is 10.3. The summed E-state index contributed by atoms with van der Waals surface area (Å²) in [4.78, 5) is 13.5. The van der Waals surface area contributed by atoms with E-state index in [-0.39, 0.29) is 0 Å². The third kappa shape index (κ3) is 2.14. The molecule has 0 atom stereocenters. The first-order valence-corrected chi connectivity index (χ1v) is 7.29. The SMILES string of the molecule is Cn1c(NCc2ccc3c(n2)CCC3)nc2ccncc21. The Morgan fingerprint density at radius 3 is 3.05 bits per heavy atom. The topological polar surface area (TPSA) is 55.6 Å². The fraction of sp³-hybridized carbons (Fsp3) is 0.312. The van der Waals surface area contributed by atoms with E-state index in [2.05, 4.69) is 27.4 Å². The van der Waals surface area contributed by atoms with E-state index in [0.717, 1.165) is 29.1 Å². The Hall–Kier alpha value is -2.43. The molecule has 0 bridgehead atoms. The summed E-state index contributed by atoms with van der Waals surface area (Å²) in [7, 11) is 2.00. The Labute approximate surface area is 123 Å². The molecule has 0 amide bonds. The van der Waals surface area contributed by atoms with Crippen molar-refractivity contribution in [1.29, 1.82) is 0 Å². The van der Waals surface area contributed by atoms with Crippen molar-refractivity contribution in [1.82, 2.24) is 19.5 Å². The van der Waals surface area contributed by atoms with Gasteiger partial charge in [-0.25, -0.2) is 4.98 Å². The molecule has 106 valence electrons. The number of pyridine rings is 2. The average molecular weight is 279 g/mol. The van der Waals surface area contributed by atoms with Gasteiger partial charge in [0, 0.05) is 18.9 Å². The molecule has 0 unspecified atom stereocenters. The van der Waals surface area contributed by atoms with E-state index in [9.17, 15) is 0 Å². The van der Waals surface area contributed by atoms with E-state index in [4.69, 9.17) is 4.98 Å². The number of anilines is 1. The van der Waals surface area contributed by atoms with Crippen molar-refractivity contribution in [3.63, 3.8) is 0 Å². The zero-order valence-electron chi connectivity index (χ0n) is 12.0. The molecule has 0 aromatic carbocycles. The van der Waals surface area contributed by atoms with Gasteiger partial charge in [0.2, 0.25) is 5.95 Å². The van der Waals surface area contributed by atoms with Gasteiger partial charge in [-0.2, -0.15) is 0 Å². The van der Waals surface area contributed by atoms with Crippen LogP contribution in [0.2, 0.25) is 0 Å². The lowest BCUT2D eigenvalue weighted by molar-refractivity contribution is 0.884. The molecule has 1 aliphatic rings. The summed E-state index contributed by atoms with van der Waals surface area (Å²) in [5, 5.41) is 3.37. The van der Waals surface area contributed by atoms with E-state index >= 15 is 0 Å². The molecular weight excluding hydrogens is 262 g/mol. The van der Waals surface area contributed by atoms with Gasteiger partial charge in [-0.1, -0.05) is 6.07 Å². The van der Waals surface area contributed by atoms with Crippen molar-refractivity contribution >= 4 is 17.0 Å². The zero-order valence-corrected chi connectivity index (χ0v) is 12.0. The lowest BCUT2D eigenvalue weighted by atomic mass is 10.2. The van der Waals surface area contributed by atoms with Gasteiger partial charge in [0.1, 0.15) is 0 Å². The van der Waals surface area contributed by atoms with Crippen LogP contribution in [0.15, 0.2) is 30.6 Å². The Bertz CT molecular complexity index is 806. The van der Waals surface area contributed by atoms with E-state index in [1.807, 2.05) is 23.9 Å². The van der Waals surface area contributed by atoms with Crippen molar-refractivity contribution in [3.8, 4) is 0 Å². The maximum absolute atomic E-state index is 4.74. The van der Waals surface area contributed by atoms with Gasteiger partial charge in [0.15, 0.2) is 0 Å². The molecule has 0 spiro atoms. The number of imidazole rings is 1. The van der Waals surface area contributed by atoms with Crippen LogP contribution in [-0.2, 0) is 26.4 Å². The Morgan fingerprint density at radius 2 is 2.14 bits per heavy atom. The lowest BCUT2D eigenvalue weighted by Gasteiger charge is -2.07. The smallest absolute Gasteiger partial charge is 0.203 e. The van der Waals surface area contributed by atoms with Crippen molar-refractivity contribution in [2.24, 2.45) is 7.05 Å². The molecule has 4 rings (SSSR count). The minimum Gasteiger partial charge on any atom is -0.350 e. The van der Waals surface area contributed by atoms with Crippen LogP contribution in [0.5, 0.6) is 0 Å². The second-order valence-corrected chi connectivity index (χ2v) is 5.47. The van der Waals surface area contributed by atoms with Crippen LogP contribution in [0.4, 0.5) is 5.95 Å². The molecule has 0 saturated carbocycles. The zero-order chi connectivity index (χ0) is 14.2. The maximum Gasteiger partial charge on any atom is 0.203 e. The van der Waals surface area contributed by atoms with Gasteiger partial charge in [0.25, 0.3) is 0 Å². The van der Waals surface area contributed by atoms with Crippen molar-refractivity contribution in [2.45, 2.75) is 25.8 Å². The number of nitrogens with one attached hydrogen (secondary N) is 1. The van der Waals surface area contributed by atoms with Gasteiger partial charge in [-0.3, -0.25) is 9.97 Å². The summed E-state index contributed by atoms with van der Waals surface area (Å²) in [5.74, 6) is 0.847. The first kappa shape index (κ1) is 12.3. The molecule has 0 aliphatic heterocycles. The third-order valence-corrected chi connectivity index (χ3v) is 4.10. The van der Waals surface area contributed by atoms with Crippen LogP contribution < -0.4 is 5.32 Å². The minimum atomic E-state index is 0.692. The summed E-state index contributed by atoms with van der Waals surface area (Å²) < 4.78 is 2.02. The van der Waals surface area contributed by atoms with Crippen molar-refractivity contribution < 1.29 is 0 Å². The fourth-order valence-corrected chi connectivity index (χ4v) is 2.93. The Balaban J connectivity index is 1.57. The van der Waals surface area contributed by atoms with E-state index < -0.39 is 0 Å². The molecule has 21 heavy (non-hydrogen) atoms. The molecule has 1 aliphatic carbocycles. The van der Waals surface area contributed by atoms with Crippen LogP contribution in [0.25, 0.3) is 11.0 Å². The average Bonchev–Trinajstić information content (AvgIpc) is 3.10. The van der Waals surface area contributed by atoms with Gasteiger partial charge in [0.05, 0.1) is 29.5 Å². The molecule has 5 heteroatoms. The predicted octanol–water partition coefficient (Wildman–Crippen LogP) is 2.46. The lowest BCUT2D eigenvalue weighted by Crippen LogP contribution is -2.07. The Kier molecular flexibility index (Phi) is 2.84. The summed E-state index contributed by atoms with van der Waals surface area (Å²) in [6.45, 7) is 0.692. The van der Waals surface area contributed by atoms with Gasteiger partial charge < -0.3 is 9.88 Å². The van der Waals surface area contributed by atoms with Gasteiger partial charge in [-0.15, -0.1) is 0 Å². The van der Waals surface area contributed by atoms with Crippen LogP contribution in [0, 0.1) is 0 Å². The van der Waals surface area contributed by atoms with E-state index in [0.29, 0.717) is 6.54 Å². The molecule has 3 heterocycles. The summed E-state index contributed by atoms with van der Waals surface area (Å²) in [6.07, 6.45) is 7.12. The van der Waals surface area contributed by atoms with Crippen LogP contribution in [0.1, 0.15) is 23.4 Å². The highest BCUT2D eigenvalue weighted by Crippen LogP contribution is 2.21. The number of rotatable bonds is 3. The summed E-state index contributed by atoms with van der Waals surface area (Å²) in [6, 6.07) is 6.25. The van der Waals surface area contributed by atoms with Gasteiger partial charge >= 0.3 is 0 Å². The van der Waals surface area contributed by atoms with Crippen molar-refractivity contribution in [2.75, 3.05) is 5.32 Å². The molecule has 3 aromatic heterocycles. The second kappa shape index (κ2) is 4.84. The molecule has 1 N–H and O–H groups in total. The predicted molar refractivity (Wildman–Crippen MR) is 82.1 cm³/mol.